The van der Waals surface area contributed by atoms with Gasteiger partial charge in [-0.15, -0.1) is 0 Å². The number of aromatic nitrogens is 1. The molecule has 4 nitrogen and oxygen atoms in total. The van der Waals surface area contributed by atoms with Crippen molar-refractivity contribution in [2.75, 3.05) is 13.7 Å². The number of pyridine rings is 1. The van der Waals surface area contributed by atoms with Gasteiger partial charge in [0.1, 0.15) is 12.1 Å². The summed E-state index contributed by atoms with van der Waals surface area (Å²) >= 11 is 12.4. The average molecular weight is 328 g/mol. The van der Waals surface area contributed by atoms with Crippen molar-refractivity contribution in [3.63, 3.8) is 0 Å². The number of esters is 1. The maximum Gasteiger partial charge on any atom is 0.311 e. The van der Waals surface area contributed by atoms with Gasteiger partial charge in [-0.3, -0.25) is 4.79 Å². The minimum absolute atomic E-state index is 0.152. The van der Waals surface area contributed by atoms with Crippen LogP contribution in [-0.4, -0.2) is 24.7 Å². The third kappa shape index (κ3) is 3.39. The number of carbonyl (C=O) groups excluding carboxylic acids is 1. The fourth-order valence-electron chi connectivity index (χ4n) is 1.91. The van der Waals surface area contributed by atoms with Crippen molar-refractivity contribution in [1.29, 1.82) is 0 Å². The minimum atomic E-state index is -0.401. The second kappa shape index (κ2) is 6.50. The van der Waals surface area contributed by atoms with E-state index >= 15 is 0 Å². The van der Waals surface area contributed by atoms with E-state index in [1.807, 2.05) is 19.1 Å². The lowest BCUT2D eigenvalue weighted by Crippen LogP contribution is -2.20. The molecule has 1 atom stereocenters. The summed E-state index contributed by atoms with van der Waals surface area (Å²) in [5.74, 6) is -0.314. The maximum atomic E-state index is 11.4. The van der Waals surface area contributed by atoms with Crippen molar-refractivity contribution < 1.29 is 14.3 Å². The van der Waals surface area contributed by atoms with Crippen LogP contribution >= 0.6 is 23.2 Å². The summed E-state index contributed by atoms with van der Waals surface area (Å²) in [5.41, 5.74) is 1.41. The predicted molar refractivity (Wildman–Crippen MR) is 83.2 cm³/mol. The van der Waals surface area contributed by atoms with E-state index in [4.69, 9.17) is 27.9 Å². The van der Waals surface area contributed by atoms with Gasteiger partial charge in [-0.2, -0.15) is 0 Å². The highest BCUT2D eigenvalue weighted by Crippen LogP contribution is 2.37. The molecule has 0 fully saturated rings. The molecule has 0 radical (unpaired) electrons. The molecule has 1 unspecified atom stereocenters. The first-order valence-corrected chi connectivity index (χ1v) is 7.15. The van der Waals surface area contributed by atoms with Crippen LogP contribution in [0.25, 0.3) is 10.9 Å². The smallest absolute Gasteiger partial charge is 0.311 e. The highest BCUT2D eigenvalue weighted by atomic mass is 35.5. The molecule has 2 rings (SSSR count). The van der Waals surface area contributed by atoms with Crippen molar-refractivity contribution >= 4 is 40.1 Å². The van der Waals surface area contributed by atoms with Gasteiger partial charge in [-0.25, -0.2) is 4.98 Å². The second-order valence-corrected chi connectivity index (χ2v) is 5.57. The Bertz CT molecular complexity index is 688. The van der Waals surface area contributed by atoms with Gasteiger partial charge in [0, 0.05) is 11.1 Å². The van der Waals surface area contributed by atoms with E-state index in [1.54, 1.807) is 13.0 Å². The Hall–Kier alpha value is -1.52. The molecular weight excluding hydrogens is 313 g/mol. The zero-order valence-corrected chi connectivity index (χ0v) is 13.5. The first-order chi connectivity index (χ1) is 9.93. The Morgan fingerprint density at radius 3 is 2.71 bits per heavy atom. The molecule has 0 N–H and O–H groups in total. The van der Waals surface area contributed by atoms with Crippen LogP contribution in [0.5, 0.6) is 5.75 Å². The van der Waals surface area contributed by atoms with Gasteiger partial charge in [0.25, 0.3) is 0 Å². The molecule has 1 heterocycles. The molecule has 1 aromatic heterocycles. The van der Waals surface area contributed by atoms with Crippen molar-refractivity contribution in [2.45, 2.75) is 13.8 Å². The molecule has 21 heavy (non-hydrogen) atoms. The fraction of sp³-hybridized carbons (Fsp3) is 0.333. The number of aryl methyl sites for hydroxylation is 1. The normalized spacial score (nSPS) is 12.2. The number of benzene rings is 1. The van der Waals surface area contributed by atoms with E-state index in [0.29, 0.717) is 21.3 Å². The van der Waals surface area contributed by atoms with Gasteiger partial charge >= 0.3 is 5.97 Å². The summed E-state index contributed by atoms with van der Waals surface area (Å²) < 4.78 is 10.4. The van der Waals surface area contributed by atoms with Gasteiger partial charge in [0.2, 0.25) is 0 Å². The van der Waals surface area contributed by atoms with Gasteiger partial charge in [0.15, 0.2) is 5.75 Å². The number of fused-ring (bicyclic) bond motifs is 1. The SMILES string of the molecule is COC(=O)C(C)COc1c(Cl)cc(Cl)c2ccc(C)nc12. The molecule has 2 aromatic rings. The number of carbonyl (C=O) groups is 1. The van der Waals surface area contributed by atoms with Crippen LogP contribution in [0.4, 0.5) is 0 Å². The van der Waals surface area contributed by atoms with Crippen LogP contribution < -0.4 is 4.74 Å². The van der Waals surface area contributed by atoms with Gasteiger partial charge in [0.05, 0.1) is 23.1 Å². The van der Waals surface area contributed by atoms with E-state index in [-0.39, 0.29) is 12.6 Å². The number of nitrogens with zero attached hydrogens (tertiary/aromatic N) is 1. The highest BCUT2D eigenvalue weighted by Gasteiger charge is 2.18. The number of hydrogen-bond acceptors (Lipinski definition) is 4. The Labute approximate surface area is 133 Å². The third-order valence-electron chi connectivity index (χ3n) is 3.06. The van der Waals surface area contributed by atoms with E-state index in [2.05, 4.69) is 9.72 Å². The monoisotopic (exact) mass is 327 g/mol. The van der Waals surface area contributed by atoms with Crippen molar-refractivity contribution in [1.82, 2.24) is 4.98 Å². The van der Waals surface area contributed by atoms with Crippen LogP contribution in [0, 0.1) is 12.8 Å². The van der Waals surface area contributed by atoms with Crippen molar-refractivity contribution in [3.8, 4) is 5.75 Å². The summed E-state index contributed by atoms with van der Waals surface area (Å²) in [4.78, 5) is 15.8. The van der Waals surface area contributed by atoms with Crippen LogP contribution in [0.1, 0.15) is 12.6 Å². The number of ether oxygens (including phenoxy) is 2. The summed E-state index contributed by atoms with van der Waals surface area (Å²) in [6.45, 7) is 3.74. The third-order valence-corrected chi connectivity index (χ3v) is 3.65. The minimum Gasteiger partial charge on any atom is -0.489 e. The molecular formula is C15H15Cl2NO3. The number of halogens is 2. The highest BCUT2D eigenvalue weighted by molar-refractivity contribution is 6.39. The Morgan fingerprint density at radius 2 is 2.05 bits per heavy atom. The first-order valence-electron chi connectivity index (χ1n) is 6.40. The van der Waals surface area contributed by atoms with E-state index in [0.717, 1.165) is 11.1 Å². The van der Waals surface area contributed by atoms with Crippen LogP contribution in [0.15, 0.2) is 18.2 Å². The molecule has 0 amide bonds. The predicted octanol–water partition coefficient (Wildman–Crippen LogP) is 4.04. The summed E-state index contributed by atoms with van der Waals surface area (Å²) in [7, 11) is 1.34. The van der Waals surface area contributed by atoms with Crippen LogP contribution in [-0.2, 0) is 9.53 Å². The second-order valence-electron chi connectivity index (χ2n) is 4.75. The molecule has 0 saturated heterocycles. The molecule has 6 heteroatoms. The van der Waals surface area contributed by atoms with Gasteiger partial charge < -0.3 is 9.47 Å². The first kappa shape index (κ1) is 15.9. The number of rotatable bonds is 4. The van der Waals surface area contributed by atoms with Crippen LogP contribution in [0.2, 0.25) is 10.0 Å². The molecule has 0 saturated carbocycles. The zero-order chi connectivity index (χ0) is 15.6. The molecule has 112 valence electrons. The Balaban J connectivity index is 2.39. The molecule has 0 spiro atoms. The summed E-state index contributed by atoms with van der Waals surface area (Å²) in [6, 6.07) is 5.34. The molecule has 0 bridgehead atoms. The lowest BCUT2D eigenvalue weighted by atomic mass is 10.1. The fourth-order valence-corrected chi connectivity index (χ4v) is 2.48. The molecule has 0 aliphatic rings. The molecule has 0 aliphatic heterocycles. The van der Waals surface area contributed by atoms with E-state index in [1.165, 1.54) is 7.11 Å². The Morgan fingerprint density at radius 1 is 1.33 bits per heavy atom. The lowest BCUT2D eigenvalue weighted by Gasteiger charge is -2.14. The lowest BCUT2D eigenvalue weighted by molar-refractivity contribution is -0.145. The molecule has 1 aromatic carbocycles. The molecule has 0 aliphatic carbocycles. The number of hydrogen-bond donors (Lipinski definition) is 0. The maximum absolute atomic E-state index is 11.4. The van der Waals surface area contributed by atoms with E-state index < -0.39 is 5.92 Å². The van der Waals surface area contributed by atoms with Crippen LogP contribution in [0.3, 0.4) is 0 Å². The standard InChI is InChI=1S/C15H15Cl2NO3/c1-8(15(19)20-3)7-21-14-12(17)6-11(16)10-5-4-9(2)18-13(10)14/h4-6,8H,7H2,1-3H3. The zero-order valence-electron chi connectivity index (χ0n) is 11.9. The Kier molecular flexibility index (Phi) is 4.91. The largest absolute Gasteiger partial charge is 0.489 e. The topological polar surface area (TPSA) is 48.4 Å². The summed E-state index contributed by atoms with van der Waals surface area (Å²) in [6.07, 6.45) is 0. The van der Waals surface area contributed by atoms with E-state index in [9.17, 15) is 4.79 Å². The van der Waals surface area contributed by atoms with Crippen molar-refractivity contribution in [3.05, 3.63) is 33.9 Å². The quantitative estimate of drug-likeness (QED) is 0.795. The van der Waals surface area contributed by atoms with Crippen molar-refractivity contribution in [2.24, 2.45) is 5.92 Å². The average Bonchev–Trinajstić information content (AvgIpc) is 2.45. The van der Waals surface area contributed by atoms with Gasteiger partial charge in [-0.05, 0) is 32.0 Å². The van der Waals surface area contributed by atoms with Gasteiger partial charge in [-0.1, -0.05) is 23.2 Å². The summed E-state index contributed by atoms with van der Waals surface area (Å²) in [5, 5.41) is 1.63. The number of methoxy groups -OCH3 is 1.